The van der Waals surface area contributed by atoms with Crippen molar-refractivity contribution in [2.24, 2.45) is 0 Å². The zero-order valence-corrected chi connectivity index (χ0v) is 13.2. The number of rotatable bonds is 4. The summed E-state index contributed by atoms with van der Waals surface area (Å²) >= 11 is 12.0. The van der Waals surface area contributed by atoms with E-state index in [-0.39, 0.29) is 26.5 Å². The highest BCUT2D eigenvalue weighted by atomic mass is 35.5. The molecule has 0 aliphatic carbocycles. The maximum Gasteiger partial charge on any atom is 0.244 e. The van der Waals surface area contributed by atoms with E-state index in [4.69, 9.17) is 27.9 Å². The highest BCUT2D eigenvalue weighted by Gasteiger charge is 2.32. The zero-order chi connectivity index (χ0) is 14.9. The summed E-state index contributed by atoms with van der Waals surface area (Å²) in [5, 5.41) is 9.45. The molecule has 0 radical (unpaired) electrons. The number of aliphatic hydroxyl groups excluding tert-OH is 1. The predicted molar refractivity (Wildman–Crippen MR) is 76.6 cm³/mol. The average Bonchev–Trinajstić information content (AvgIpc) is 2.91. The van der Waals surface area contributed by atoms with Crippen LogP contribution in [0.1, 0.15) is 12.0 Å². The van der Waals surface area contributed by atoms with Crippen molar-refractivity contribution in [3.8, 4) is 0 Å². The first-order chi connectivity index (χ1) is 9.39. The third kappa shape index (κ3) is 2.81. The molecule has 1 N–H and O–H groups in total. The van der Waals surface area contributed by atoms with Gasteiger partial charge in [0.15, 0.2) is 0 Å². The lowest BCUT2D eigenvalue weighted by molar-refractivity contribution is 0.181. The summed E-state index contributed by atoms with van der Waals surface area (Å²) < 4.78 is 31.6. The quantitative estimate of drug-likeness (QED) is 0.909. The van der Waals surface area contributed by atoms with Crippen molar-refractivity contribution < 1.29 is 18.3 Å². The fraction of sp³-hybridized carbons (Fsp3) is 0.500. The minimum absolute atomic E-state index is 0.0363. The van der Waals surface area contributed by atoms with Gasteiger partial charge in [0.2, 0.25) is 10.0 Å². The summed E-state index contributed by atoms with van der Waals surface area (Å²) in [4.78, 5) is -0.0537. The number of sulfonamides is 1. The van der Waals surface area contributed by atoms with Gasteiger partial charge < -0.3 is 9.84 Å². The number of likely N-dealkylation sites (N-methyl/N-ethyl adjacent to an activating group) is 1. The van der Waals surface area contributed by atoms with E-state index >= 15 is 0 Å². The summed E-state index contributed by atoms with van der Waals surface area (Å²) in [5.74, 6) is 0. The first-order valence-corrected chi connectivity index (χ1v) is 8.22. The van der Waals surface area contributed by atoms with Crippen LogP contribution in [0.4, 0.5) is 0 Å². The third-order valence-electron chi connectivity index (χ3n) is 3.39. The van der Waals surface area contributed by atoms with E-state index < -0.39 is 16.6 Å². The molecule has 112 valence electrons. The first-order valence-electron chi connectivity index (χ1n) is 6.03. The van der Waals surface area contributed by atoms with E-state index in [0.717, 1.165) is 0 Å². The van der Waals surface area contributed by atoms with Crippen molar-refractivity contribution in [3.05, 3.63) is 27.7 Å². The van der Waals surface area contributed by atoms with E-state index in [1.165, 1.54) is 23.5 Å². The van der Waals surface area contributed by atoms with Gasteiger partial charge in [0.1, 0.15) is 4.90 Å². The second-order valence-corrected chi connectivity index (χ2v) is 7.29. The Hall–Kier alpha value is -0.370. The summed E-state index contributed by atoms with van der Waals surface area (Å²) in [6, 6.07) is 2.57. The molecule has 1 heterocycles. The fourth-order valence-electron chi connectivity index (χ4n) is 2.08. The van der Waals surface area contributed by atoms with E-state index in [0.29, 0.717) is 19.6 Å². The maximum atomic E-state index is 12.6. The van der Waals surface area contributed by atoms with Crippen LogP contribution in [-0.2, 0) is 21.4 Å². The molecule has 1 unspecified atom stereocenters. The number of benzene rings is 1. The summed E-state index contributed by atoms with van der Waals surface area (Å²) in [5.41, 5.74) is 0.213. The van der Waals surface area contributed by atoms with Gasteiger partial charge >= 0.3 is 0 Å². The van der Waals surface area contributed by atoms with Crippen molar-refractivity contribution in [1.82, 2.24) is 4.31 Å². The number of ether oxygens (including phenoxy) is 1. The van der Waals surface area contributed by atoms with Gasteiger partial charge in [-0.15, -0.1) is 0 Å². The van der Waals surface area contributed by atoms with Crippen LogP contribution in [0, 0.1) is 0 Å². The minimum atomic E-state index is -3.75. The lowest BCUT2D eigenvalue weighted by Gasteiger charge is -2.23. The molecule has 20 heavy (non-hydrogen) atoms. The first kappa shape index (κ1) is 16.0. The van der Waals surface area contributed by atoms with E-state index in [2.05, 4.69) is 0 Å². The van der Waals surface area contributed by atoms with Crippen LogP contribution in [0.25, 0.3) is 0 Å². The molecule has 2 rings (SSSR count). The Morgan fingerprint density at radius 3 is 2.70 bits per heavy atom. The molecule has 0 spiro atoms. The standard InChI is InChI=1S/C12H15Cl2NO4S/c1-15(8-4-5-19-7-8)20(17,18)11-3-2-10(13)9(6-16)12(11)14/h2-3,8,16H,4-7H2,1H3. The summed E-state index contributed by atoms with van der Waals surface area (Å²) in [6.45, 7) is 0.492. The number of hydrogen-bond acceptors (Lipinski definition) is 4. The molecule has 1 fully saturated rings. The van der Waals surface area contributed by atoms with Gasteiger partial charge in [0, 0.05) is 24.2 Å². The summed E-state index contributed by atoms with van der Waals surface area (Å²) in [7, 11) is -2.25. The molecule has 1 atom stereocenters. The van der Waals surface area contributed by atoms with Gasteiger partial charge in [0.25, 0.3) is 0 Å². The monoisotopic (exact) mass is 339 g/mol. The molecule has 5 nitrogen and oxygen atoms in total. The number of aliphatic hydroxyl groups is 1. The highest BCUT2D eigenvalue weighted by molar-refractivity contribution is 7.89. The van der Waals surface area contributed by atoms with Gasteiger partial charge in [-0.05, 0) is 18.6 Å². The largest absolute Gasteiger partial charge is 0.392 e. The van der Waals surface area contributed by atoms with Crippen molar-refractivity contribution in [3.63, 3.8) is 0 Å². The lowest BCUT2D eigenvalue weighted by atomic mass is 10.2. The molecule has 0 saturated carbocycles. The van der Waals surface area contributed by atoms with Crippen molar-refractivity contribution in [2.45, 2.75) is 24.0 Å². The summed E-state index contributed by atoms with van der Waals surface area (Å²) in [6.07, 6.45) is 0.647. The number of halogens is 2. The average molecular weight is 340 g/mol. The van der Waals surface area contributed by atoms with Crippen LogP contribution in [0.5, 0.6) is 0 Å². The maximum absolute atomic E-state index is 12.6. The van der Waals surface area contributed by atoms with Gasteiger partial charge in [-0.1, -0.05) is 23.2 Å². The Bertz CT molecular complexity index is 600. The molecular formula is C12H15Cl2NO4S. The van der Waals surface area contributed by atoms with Crippen molar-refractivity contribution >= 4 is 33.2 Å². The lowest BCUT2D eigenvalue weighted by Crippen LogP contribution is -2.37. The number of nitrogens with zero attached hydrogens (tertiary/aromatic N) is 1. The van der Waals surface area contributed by atoms with Crippen LogP contribution in [0.3, 0.4) is 0 Å². The van der Waals surface area contributed by atoms with Crippen molar-refractivity contribution in [1.29, 1.82) is 0 Å². The molecular weight excluding hydrogens is 325 g/mol. The Balaban J connectivity index is 2.44. The molecule has 1 aliphatic heterocycles. The Labute approximate surface area is 128 Å². The van der Waals surface area contributed by atoms with Crippen molar-refractivity contribution in [2.75, 3.05) is 20.3 Å². The van der Waals surface area contributed by atoms with Crippen LogP contribution in [0.15, 0.2) is 17.0 Å². The molecule has 0 amide bonds. The normalized spacial score (nSPS) is 19.8. The van der Waals surface area contributed by atoms with Crippen LogP contribution < -0.4 is 0 Å². The van der Waals surface area contributed by atoms with E-state index in [1.807, 2.05) is 0 Å². The molecule has 8 heteroatoms. The van der Waals surface area contributed by atoms with Crippen LogP contribution in [-0.4, -0.2) is 44.1 Å². The van der Waals surface area contributed by atoms with Crippen LogP contribution in [0.2, 0.25) is 10.0 Å². The SMILES string of the molecule is CN(C1CCOC1)S(=O)(=O)c1ccc(Cl)c(CO)c1Cl. The van der Waals surface area contributed by atoms with E-state index in [1.54, 1.807) is 0 Å². The Kier molecular flexibility index (Phi) is 4.94. The molecule has 0 aromatic heterocycles. The predicted octanol–water partition coefficient (Wildman–Crippen LogP) is 1.90. The molecule has 0 bridgehead atoms. The van der Waals surface area contributed by atoms with Gasteiger partial charge in [-0.25, -0.2) is 8.42 Å². The topological polar surface area (TPSA) is 66.8 Å². The third-order valence-corrected chi connectivity index (χ3v) is 6.24. The smallest absolute Gasteiger partial charge is 0.244 e. The Morgan fingerprint density at radius 2 is 2.15 bits per heavy atom. The van der Waals surface area contributed by atoms with Gasteiger partial charge in [-0.2, -0.15) is 4.31 Å². The Morgan fingerprint density at radius 1 is 1.45 bits per heavy atom. The minimum Gasteiger partial charge on any atom is -0.392 e. The molecule has 1 aromatic carbocycles. The number of hydrogen-bond donors (Lipinski definition) is 1. The van der Waals surface area contributed by atoms with Gasteiger partial charge in [-0.3, -0.25) is 0 Å². The molecule has 1 aromatic rings. The van der Waals surface area contributed by atoms with Crippen LogP contribution >= 0.6 is 23.2 Å². The molecule has 1 saturated heterocycles. The fourth-order valence-corrected chi connectivity index (χ4v) is 4.32. The highest BCUT2D eigenvalue weighted by Crippen LogP contribution is 2.33. The second-order valence-electron chi connectivity index (χ2n) is 4.53. The molecule has 1 aliphatic rings. The van der Waals surface area contributed by atoms with E-state index in [9.17, 15) is 13.5 Å². The second kappa shape index (κ2) is 6.17. The van der Waals surface area contributed by atoms with Gasteiger partial charge in [0.05, 0.1) is 24.3 Å². The zero-order valence-electron chi connectivity index (χ0n) is 10.8.